The Hall–Kier alpha value is -2.82. The van der Waals surface area contributed by atoms with Crippen LogP contribution in [-0.4, -0.2) is 82.4 Å². The summed E-state index contributed by atoms with van der Waals surface area (Å²) in [7, 11) is 3.26. The van der Waals surface area contributed by atoms with Crippen LogP contribution < -0.4 is 0 Å². The second-order valence-electron chi connectivity index (χ2n) is 10.5. The van der Waals surface area contributed by atoms with E-state index < -0.39 is 23.4 Å². The minimum atomic E-state index is -0.852. The quantitative estimate of drug-likeness (QED) is 0.377. The number of carbonyl (C=O) groups is 3. The molecule has 1 heterocycles. The third-order valence-corrected chi connectivity index (χ3v) is 5.59. The molecule has 35 heavy (non-hydrogen) atoms. The Morgan fingerprint density at radius 2 is 1.57 bits per heavy atom. The number of urea groups is 1. The van der Waals surface area contributed by atoms with Gasteiger partial charge in [-0.15, -0.1) is 4.99 Å². The van der Waals surface area contributed by atoms with Crippen LogP contribution in [0.3, 0.4) is 0 Å². The Bertz CT molecular complexity index is 985. The van der Waals surface area contributed by atoms with Gasteiger partial charge in [0.2, 0.25) is 5.96 Å². The highest BCUT2D eigenvalue weighted by molar-refractivity contribution is 9.10. The third-order valence-electron chi connectivity index (χ3n) is 4.70. The highest BCUT2D eigenvalue weighted by Crippen LogP contribution is 2.21. The zero-order valence-electron chi connectivity index (χ0n) is 22.0. The van der Waals surface area contributed by atoms with Crippen molar-refractivity contribution in [2.75, 3.05) is 27.4 Å². The largest absolute Gasteiger partial charge is 0.443 e. The first-order chi connectivity index (χ1) is 16.0. The summed E-state index contributed by atoms with van der Waals surface area (Å²) in [5.41, 5.74) is 0.230. The predicted octanol–water partition coefficient (Wildman–Crippen LogP) is 5.00. The van der Waals surface area contributed by atoms with Crippen molar-refractivity contribution in [3.05, 3.63) is 33.8 Å². The average molecular weight is 554 g/mol. The van der Waals surface area contributed by atoms with Crippen LogP contribution in [0.4, 0.5) is 14.4 Å². The monoisotopic (exact) mass is 553 g/mol. The molecule has 1 aliphatic rings. The SMILES string of the molecule is Cc1cc(CN(C(=O)OC(C)(C)C)/C(=N/C(=O)OC(C)(C)C)N2CN(C)C(=O)N(C)C2)ccc1Br. The Labute approximate surface area is 216 Å². The highest BCUT2D eigenvalue weighted by atomic mass is 79.9. The molecule has 2 rings (SSSR count). The molecule has 0 N–H and O–H groups in total. The van der Waals surface area contributed by atoms with E-state index in [0.717, 1.165) is 15.6 Å². The van der Waals surface area contributed by atoms with Crippen LogP contribution in [0.25, 0.3) is 0 Å². The van der Waals surface area contributed by atoms with Crippen LogP contribution >= 0.6 is 15.9 Å². The van der Waals surface area contributed by atoms with Crippen LogP contribution in [0.5, 0.6) is 0 Å². The number of hydrogen-bond donors (Lipinski definition) is 0. The second kappa shape index (κ2) is 10.8. The van der Waals surface area contributed by atoms with Gasteiger partial charge in [-0.05, 0) is 65.7 Å². The van der Waals surface area contributed by atoms with Gasteiger partial charge in [-0.1, -0.05) is 28.1 Å². The van der Waals surface area contributed by atoms with E-state index >= 15 is 0 Å². The van der Waals surface area contributed by atoms with Gasteiger partial charge < -0.3 is 24.2 Å². The van der Waals surface area contributed by atoms with Gasteiger partial charge in [-0.3, -0.25) is 0 Å². The number of guanidine groups is 1. The maximum absolute atomic E-state index is 13.4. The van der Waals surface area contributed by atoms with Crippen LogP contribution in [0.15, 0.2) is 27.7 Å². The molecule has 0 spiro atoms. The van der Waals surface area contributed by atoms with Gasteiger partial charge in [0, 0.05) is 18.6 Å². The molecule has 0 radical (unpaired) electrons. The van der Waals surface area contributed by atoms with Crippen molar-refractivity contribution >= 4 is 40.1 Å². The number of benzene rings is 1. The van der Waals surface area contributed by atoms with E-state index in [1.165, 1.54) is 14.7 Å². The lowest BCUT2D eigenvalue weighted by atomic mass is 10.1. The molecule has 4 amide bonds. The van der Waals surface area contributed by atoms with E-state index in [1.807, 2.05) is 25.1 Å². The molecule has 0 saturated carbocycles. The van der Waals surface area contributed by atoms with Crippen molar-refractivity contribution in [3.8, 4) is 0 Å². The minimum Gasteiger partial charge on any atom is -0.443 e. The van der Waals surface area contributed by atoms with Crippen molar-refractivity contribution < 1.29 is 23.9 Å². The maximum atomic E-state index is 13.4. The molecule has 194 valence electrons. The minimum absolute atomic E-state index is 0.0280. The molecular weight excluding hydrogens is 518 g/mol. The molecule has 1 aliphatic heterocycles. The van der Waals surface area contributed by atoms with Crippen molar-refractivity contribution in [1.82, 2.24) is 19.6 Å². The lowest BCUT2D eigenvalue weighted by Crippen LogP contribution is -2.60. The van der Waals surface area contributed by atoms with Gasteiger partial charge in [0.25, 0.3) is 0 Å². The lowest BCUT2D eigenvalue weighted by molar-refractivity contribution is 0.0300. The van der Waals surface area contributed by atoms with E-state index in [-0.39, 0.29) is 31.9 Å². The number of carbonyl (C=O) groups excluding carboxylic acids is 3. The smallest absolute Gasteiger partial charge is 0.437 e. The number of hydrogen-bond acceptors (Lipinski definition) is 5. The number of aryl methyl sites for hydroxylation is 1. The van der Waals surface area contributed by atoms with Gasteiger partial charge in [0.1, 0.15) is 11.2 Å². The first-order valence-electron chi connectivity index (χ1n) is 11.3. The summed E-state index contributed by atoms with van der Waals surface area (Å²) in [6, 6.07) is 5.51. The third kappa shape index (κ3) is 8.41. The summed E-state index contributed by atoms with van der Waals surface area (Å²) in [4.78, 5) is 48.6. The molecule has 0 atom stereocenters. The molecule has 1 saturated heterocycles. The molecule has 11 heteroatoms. The summed E-state index contributed by atoms with van der Waals surface area (Å²) in [6.45, 7) is 12.7. The summed E-state index contributed by atoms with van der Waals surface area (Å²) in [5, 5.41) is 0. The van der Waals surface area contributed by atoms with E-state index in [1.54, 1.807) is 60.5 Å². The Kier molecular flexibility index (Phi) is 8.80. The van der Waals surface area contributed by atoms with Crippen LogP contribution in [-0.2, 0) is 16.0 Å². The zero-order chi connectivity index (χ0) is 26.7. The predicted molar refractivity (Wildman–Crippen MR) is 137 cm³/mol. The van der Waals surface area contributed by atoms with Gasteiger partial charge in [0.05, 0.1) is 19.9 Å². The molecular formula is C24H36BrN5O5. The number of nitrogens with zero attached hydrogens (tertiary/aromatic N) is 5. The van der Waals surface area contributed by atoms with Crippen molar-refractivity contribution in [1.29, 1.82) is 0 Å². The second-order valence-corrected chi connectivity index (χ2v) is 11.4. The Morgan fingerprint density at radius 1 is 1.03 bits per heavy atom. The molecule has 1 aromatic carbocycles. The van der Waals surface area contributed by atoms with Crippen LogP contribution in [0.1, 0.15) is 52.7 Å². The van der Waals surface area contributed by atoms with Crippen LogP contribution in [0.2, 0.25) is 0 Å². The normalized spacial score (nSPS) is 15.3. The number of halogens is 1. The standard InChI is InChI=1S/C24H36BrN5O5/c1-16-12-17(10-11-18(16)25)13-30(22(33)35-24(5,6)7)19(26-20(31)34-23(2,3)4)29-14-27(8)21(32)28(9)15-29/h10-12H,13-15H2,1-9H3/b26-19+. The topological polar surface area (TPSA) is 95.0 Å². The number of aliphatic imine (C=N–C) groups is 1. The molecule has 10 nitrogen and oxygen atoms in total. The number of ether oxygens (including phenoxy) is 2. The molecule has 0 bridgehead atoms. The van der Waals surface area contributed by atoms with Crippen LogP contribution in [0, 0.1) is 6.92 Å². The van der Waals surface area contributed by atoms with Crippen molar-refractivity contribution in [3.63, 3.8) is 0 Å². The van der Waals surface area contributed by atoms with E-state index in [9.17, 15) is 14.4 Å². The van der Waals surface area contributed by atoms with Gasteiger partial charge in [-0.2, -0.15) is 0 Å². The zero-order valence-corrected chi connectivity index (χ0v) is 23.6. The Morgan fingerprint density at radius 3 is 2.06 bits per heavy atom. The van der Waals surface area contributed by atoms with Gasteiger partial charge in [0.15, 0.2) is 0 Å². The van der Waals surface area contributed by atoms with E-state index in [0.29, 0.717) is 0 Å². The molecule has 1 fully saturated rings. The number of amides is 4. The fraction of sp³-hybridized carbons (Fsp3) is 0.583. The molecule has 0 aromatic heterocycles. The maximum Gasteiger partial charge on any atom is 0.437 e. The summed E-state index contributed by atoms with van der Waals surface area (Å²) in [5.74, 6) is 0.0280. The summed E-state index contributed by atoms with van der Waals surface area (Å²) in [6.07, 6.45) is -1.53. The fourth-order valence-electron chi connectivity index (χ4n) is 3.29. The average Bonchev–Trinajstić information content (AvgIpc) is 2.68. The highest BCUT2D eigenvalue weighted by Gasteiger charge is 2.35. The molecule has 0 aliphatic carbocycles. The van der Waals surface area contributed by atoms with E-state index in [2.05, 4.69) is 20.9 Å². The van der Waals surface area contributed by atoms with Crippen molar-refractivity contribution in [2.45, 2.75) is 66.2 Å². The summed E-state index contributed by atoms with van der Waals surface area (Å²) >= 11 is 3.49. The van der Waals surface area contributed by atoms with Crippen molar-refractivity contribution in [2.24, 2.45) is 4.99 Å². The first kappa shape index (κ1) is 28.4. The Balaban J connectivity index is 2.59. The van der Waals surface area contributed by atoms with Gasteiger partial charge >= 0.3 is 18.2 Å². The fourth-order valence-corrected chi connectivity index (χ4v) is 3.53. The first-order valence-corrected chi connectivity index (χ1v) is 12.0. The molecule has 0 unspecified atom stereocenters. The summed E-state index contributed by atoms with van der Waals surface area (Å²) < 4.78 is 12.0. The number of rotatable bonds is 2. The van der Waals surface area contributed by atoms with E-state index in [4.69, 9.17) is 9.47 Å². The molecule has 1 aromatic rings. The lowest BCUT2D eigenvalue weighted by Gasteiger charge is -2.42. The van der Waals surface area contributed by atoms with Gasteiger partial charge in [-0.25, -0.2) is 19.3 Å².